The fourth-order valence-corrected chi connectivity index (χ4v) is 10.6. The minimum Gasteiger partial charge on any atom is -0.462 e. The molecule has 1 aromatic carbocycles. The van der Waals surface area contributed by atoms with E-state index in [1.807, 2.05) is 30.3 Å². The number of hydrogen-bond donors (Lipinski definition) is 0. The third-order valence-corrected chi connectivity index (χ3v) is 12.9. The molecule has 4 aliphatic carbocycles. The summed E-state index contributed by atoms with van der Waals surface area (Å²) in [5.74, 6) is 5.99. The highest BCUT2D eigenvalue weighted by atomic mass is 16.5. The number of rotatable bonds is 10. The van der Waals surface area contributed by atoms with Gasteiger partial charge in [0.25, 0.3) is 0 Å². The minimum atomic E-state index is -0.0666. The number of hydrogen-bond acceptors (Lipinski definition) is 2. The molecule has 4 aliphatic rings. The van der Waals surface area contributed by atoms with Gasteiger partial charge >= 0.3 is 5.97 Å². The number of ether oxygens (including phenoxy) is 1. The molecule has 0 saturated heterocycles. The number of fused-ring (bicyclic) bond motifs is 5. The van der Waals surface area contributed by atoms with Crippen LogP contribution in [0.4, 0.5) is 0 Å². The molecule has 222 valence electrons. The fraction of sp³-hybridized carbons (Fsp3) is 0.763. The molecule has 5 rings (SSSR count). The van der Waals surface area contributed by atoms with Crippen molar-refractivity contribution < 1.29 is 9.53 Å². The monoisotopic (exact) mass is 546 g/mol. The standard InChI is InChI=1S/C38H58O2/c1-7-11-29(26(2)3)15-14-27(4)33-18-19-34-32-17-16-30-25-31(40-36(39)24-28-12-9-8-10-13-28)20-22-37(30,5)35(32)21-23-38(33,34)6/h8-10,12-13,16,26-27,29,31-35H,7,11,14-15,17-25H2,1-6H3/t27-,29+,31-,32-,33+,34-,35-,37-,38+/m0/s1. The Balaban J connectivity index is 1.21. The van der Waals surface area contributed by atoms with Crippen molar-refractivity contribution in [3.8, 4) is 0 Å². The topological polar surface area (TPSA) is 26.3 Å². The van der Waals surface area contributed by atoms with Crippen LogP contribution in [0, 0.1) is 52.3 Å². The van der Waals surface area contributed by atoms with Crippen LogP contribution in [0.3, 0.4) is 0 Å². The van der Waals surface area contributed by atoms with Gasteiger partial charge in [0.05, 0.1) is 6.42 Å². The van der Waals surface area contributed by atoms with E-state index in [0.717, 1.165) is 59.8 Å². The summed E-state index contributed by atoms with van der Waals surface area (Å²) in [6.45, 7) is 15.1. The maximum absolute atomic E-state index is 12.7. The lowest BCUT2D eigenvalue weighted by atomic mass is 9.47. The number of carbonyl (C=O) groups excluding carboxylic acids is 1. The second-order valence-electron chi connectivity index (χ2n) is 15.4. The molecule has 0 aromatic heterocycles. The lowest BCUT2D eigenvalue weighted by Gasteiger charge is -2.58. The highest BCUT2D eigenvalue weighted by molar-refractivity contribution is 5.72. The third kappa shape index (κ3) is 5.85. The highest BCUT2D eigenvalue weighted by Gasteiger charge is 2.59. The van der Waals surface area contributed by atoms with E-state index in [2.05, 4.69) is 47.6 Å². The van der Waals surface area contributed by atoms with Crippen molar-refractivity contribution in [1.29, 1.82) is 0 Å². The third-order valence-electron chi connectivity index (χ3n) is 12.9. The SMILES string of the molecule is CCC[C@H](CC[C@H](C)[C@H]1CC[C@H]2[C@@H]3CC=C4C[C@@H](OC(=O)Cc5ccccc5)CC[C@]4(C)[C@H]3CC[C@]12C)C(C)C. The van der Waals surface area contributed by atoms with Crippen molar-refractivity contribution in [2.75, 3.05) is 0 Å². The minimum absolute atomic E-state index is 0.0556. The lowest BCUT2D eigenvalue weighted by Crippen LogP contribution is -2.51. The number of esters is 1. The summed E-state index contributed by atoms with van der Waals surface area (Å²) >= 11 is 0. The molecular formula is C38H58O2. The Hall–Kier alpha value is -1.57. The van der Waals surface area contributed by atoms with E-state index in [4.69, 9.17) is 4.74 Å². The molecule has 40 heavy (non-hydrogen) atoms. The van der Waals surface area contributed by atoms with E-state index in [0.29, 0.717) is 17.3 Å². The van der Waals surface area contributed by atoms with Crippen LogP contribution >= 0.6 is 0 Å². The van der Waals surface area contributed by atoms with Gasteiger partial charge in [0.15, 0.2) is 0 Å². The van der Waals surface area contributed by atoms with Crippen LogP contribution in [0.15, 0.2) is 42.0 Å². The highest BCUT2D eigenvalue weighted by Crippen LogP contribution is 2.67. The van der Waals surface area contributed by atoms with Crippen LogP contribution in [0.2, 0.25) is 0 Å². The van der Waals surface area contributed by atoms with Crippen molar-refractivity contribution in [1.82, 2.24) is 0 Å². The largest absolute Gasteiger partial charge is 0.462 e. The number of carbonyl (C=O) groups is 1. The van der Waals surface area contributed by atoms with Gasteiger partial charge in [0, 0.05) is 6.42 Å². The molecule has 3 fully saturated rings. The summed E-state index contributed by atoms with van der Waals surface area (Å²) in [5, 5.41) is 0. The molecule has 0 bridgehead atoms. The molecule has 0 heterocycles. The van der Waals surface area contributed by atoms with E-state index in [1.165, 1.54) is 64.2 Å². The van der Waals surface area contributed by atoms with Gasteiger partial charge < -0.3 is 4.74 Å². The van der Waals surface area contributed by atoms with Crippen molar-refractivity contribution in [3.63, 3.8) is 0 Å². The van der Waals surface area contributed by atoms with Crippen LogP contribution in [0.5, 0.6) is 0 Å². The van der Waals surface area contributed by atoms with E-state index < -0.39 is 0 Å². The van der Waals surface area contributed by atoms with Crippen LogP contribution in [-0.4, -0.2) is 12.1 Å². The predicted octanol–water partition coefficient (Wildman–Crippen LogP) is 10.2. The maximum Gasteiger partial charge on any atom is 0.310 e. The zero-order valence-electron chi connectivity index (χ0n) is 26.6. The number of allylic oxidation sites excluding steroid dienone is 1. The van der Waals surface area contributed by atoms with Crippen LogP contribution < -0.4 is 0 Å². The molecule has 0 N–H and O–H groups in total. The smallest absolute Gasteiger partial charge is 0.310 e. The van der Waals surface area contributed by atoms with Gasteiger partial charge in [-0.15, -0.1) is 0 Å². The zero-order valence-corrected chi connectivity index (χ0v) is 26.6. The number of benzene rings is 1. The van der Waals surface area contributed by atoms with E-state index in [1.54, 1.807) is 5.57 Å². The predicted molar refractivity (Wildman–Crippen MR) is 167 cm³/mol. The molecule has 2 nitrogen and oxygen atoms in total. The lowest BCUT2D eigenvalue weighted by molar-refractivity contribution is -0.150. The van der Waals surface area contributed by atoms with Crippen LogP contribution in [-0.2, 0) is 16.0 Å². The Labute approximate surface area is 246 Å². The normalized spacial score (nSPS) is 36.7. The van der Waals surface area contributed by atoms with Gasteiger partial charge in [-0.3, -0.25) is 4.79 Å². The Kier molecular flexibility index (Phi) is 9.23. The molecule has 0 spiro atoms. The summed E-state index contributed by atoms with van der Waals surface area (Å²) < 4.78 is 6.04. The summed E-state index contributed by atoms with van der Waals surface area (Å²) in [6, 6.07) is 10.0. The molecule has 0 unspecified atom stereocenters. The molecule has 0 radical (unpaired) electrons. The van der Waals surface area contributed by atoms with Gasteiger partial charge in [-0.1, -0.05) is 103 Å². The van der Waals surface area contributed by atoms with Gasteiger partial charge in [-0.05, 0) is 109 Å². The van der Waals surface area contributed by atoms with E-state index in [-0.39, 0.29) is 12.1 Å². The summed E-state index contributed by atoms with van der Waals surface area (Å²) in [7, 11) is 0. The first-order valence-corrected chi connectivity index (χ1v) is 17.1. The van der Waals surface area contributed by atoms with Crippen LogP contribution in [0.1, 0.15) is 124 Å². The van der Waals surface area contributed by atoms with Crippen molar-refractivity contribution in [3.05, 3.63) is 47.5 Å². The average molecular weight is 547 g/mol. The Morgan fingerprint density at radius 2 is 1.73 bits per heavy atom. The Morgan fingerprint density at radius 3 is 2.45 bits per heavy atom. The average Bonchev–Trinajstić information content (AvgIpc) is 3.28. The van der Waals surface area contributed by atoms with E-state index >= 15 is 0 Å². The first kappa shape index (κ1) is 29.9. The van der Waals surface area contributed by atoms with Gasteiger partial charge in [-0.25, -0.2) is 0 Å². The first-order valence-electron chi connectivity index (χ1n) is 17.1. The summed E-state index contributed by atoms with van der Waals surface area (Å²) in [4.78, 5) is 12.7. The van der Waals surface area contributed by atoms with Crippen molar-refractivity contribution in [2.45, 2.75) is 131 Å². The molecule has 2 heteroatoms. The van der Waals surface area contributed by atoms with Gasteiger partial charge in [-0.2, -0.15) is 0 Å². The Bertz CT molecular complexity index is 1030. The quantitative estimate of drug-likeness (QED) is 0.215. The molecule has 0 amide bonds. The summed E-state index contributed by atoms with van der Waals surface area (Å²) in [6.07, 6.45) is 18.8. The molecule has 3 saturated carbocycles. The molecular weight excluding hydrogens is 488 g/mol. The van der Waals surface area contributed by atoms with Crippen molar-refractivity contribution in [2.24, 2.45) is 52.3 Å². The zero-order chi connectivity index (χ0) is 28.5. The molecule has 0 aliphatic heterocycles. The Morgan fingerprint density at radius 1 is 0.950 bits per heavy atom. The molecule has 9 atom stereocenters. The molecule has 1 aromatic rings. The van der Waals surface area contributed by atoms with Crippen molar-refractivity contribution >= 4 is 5.97 Å². The fourth-order valence-electron chi connectivity index (χ4n) is 10.6. The summed E-state index contributed by atoms with van der Waals surface area (Å²) in [5.41, 5.74) is 3.49. The van der Waals surface area contributed by atoms with Crippen LogP contribution in [0.25, 0.3) is 0 Å². The van der Waals surface area contributed by atoms with Gasteiger partial charge in [0.1, 0.15) is 6.10 Å². The second-order valence-corrected chi connectivity index (χ2v) is 15.4. The maximum atomic E-state index is 12.7. The van der Waals surface area contributed by atoms with E-state index in [9.17, 15) is 4.79 Å². The van der Waals surface area contributed by atoms with Gasteiger partial charge in [0.2, 0.25) is 0 Å². The second kappa shape index (κ2) is 12.3. The first-order chi connectivity index (χ1) is 19.2.